The van der Waals surface area contributed by atoms with Crippen LogP contribution >= 0.6 is 11.3 Å². The number of hydrogen-bond acceptors (Lipinski definition) is 6. The monoisotopic (exact) mass is 264 g/mol. The van der Waals surface area contributed by atoms with Gasteiger partial charge >= 0.3 is 0 Å². The molecule has 0 atom stereocenters. The van der Waals surface area contributed by atoms with Gasteiger partial charge in [-0.1, -0.05) is 0 Å². The van der Waals surface area contributed by atoms with Crippen LogP contribution in [0.4, 0.5) is 11.5 Å². The van der Waals surface area contributed by atoms with Crippen molar-refractivity contribution in [2.24, 2.45) is 0 Å². The van der Waals surface area contributed by atoms with E-state index in [1.54, 1.807) is 30.6 Å². The maximum Gasteiger partial charge on any atom is 0.215 e. The van der Waals surface area contributed by atoms with Crippen molar-refractivity contribution >= 4 is 22.8 Å². The van der Waals surface area contributed by atoms with Crippen LogP contribution in [0.5, 0.6) is 5.88 Å². The fourth-order valence-corrected chi connectivity index (χ4v) is 2.29. The third-order valence-corrected chi connectivity index (χ3v) is 3.43. The van der Waals surface area contributed by atoms with Gasteiger partial charge in [0.15, 0.2) is 5.82 Å². The summed E-state index contributed by atoms with van der Waals surface area (Å²) in [4.78, 5) is 8.65. The van der Waals surface area contributed by atoms with Gasteiger partial charge in [0.05, 0.1) is 17.8 Å². The van der Waals surface area contributed by atoms with Crippen molar-refractivity contribution in [2.75, 3.05) is 24.7 Å². The Bertz CT molecular complexity index is 527. The van der Waals surface area contributed by atoms with Gasteiger partial charge in [-0.05, 0) is 13.0 Å². The second-order valence-corrected chi connectivity index (χ2v) is 4.79. The van der Waals surface area contributed by atoms with Crippen molar-refractivity contribution < 1.29 is 4.74 Å². The molecule has 0 radical (unpaired) electrons. The van der Waals surface area contributed by atoms with Crippen molar-refractivity contribution in [3.05, 3.63) is 28.2 Å². The lowest BCUT2D eigenvalue weighted by Crippen LogP contribution is -2.08. The highest BCUT2D eigenvalue weighted by Crippen LogP contribution is 2.19. The molecule has 0 aromatic carbocycles. The predicted molar refractivity (Wildman–Crippen MR) is 74.2 cm³/mol. The lowest BCUT2D eigenvalue weighted by molar-refractivity contribution is 0.398. The molecular formula is C12H16N4OS. The van der Waals surface area contributed by atoms with E-state index in [0.29, 0.717) is 17.4 Å². The summed E-state index contributed by atoms with van der Waals surface area (Å²) < 4.78 is 5.06. The zero-order valence-electron chi connectivity index (χ0n) is 10.4. The maximum absolute atomic E-state index is 5.83. The van der Waals surface area contributed by atoms with Gasteiger partial charge in [0.2, 0.25) is 5.88 Å². The quantitative estimate of drug-likeness (QED) is 0.865. The molecule has 2 aromatic heterocycles. The van der Waals surface area contributed by atoms with Gasteiger partial charge in [0.1, 0.15) is 0 Å². The molecule has 96 valence electrons. The fraction of sp³-hybridized carbons (Fsp3) is 0.333. The fourth-order valence-electron chi connectivity index (χ4n) is 1.51. The Morgan fingerprint density at radius 3 is 2.89 bits per heavy atom. The molecule has 0 aliphatic heterocycles. The van der Waals surface area contributed by atoms with Crippen LogP contribution in [0.15, 0.2) is 17.5 Å². The van der Waals surface area contributed by atoms with E-state index >= 15 is 0 Å². The molecule has 0 bridgehead atoms. The number of hydrogen-bond donors (Lipinski definition) is 2. The van der Waals surface area contributed by atoms with Gasteiger partial charge in [-0.2, -0.15) is 4.98 Å². The molecule has 0 amide bonds. The van der Waals surface area contributed by atoms with Crippen molar-refractivity contribution in [3.8, 4) is 5.88 Å². The summed E-state index contributed by atoms with van der Waals surface area (Å²) in [6.45, 7) is 2.74. The third-order valence-electron chi connectivity index (χ3n) is 2.41. The first-order valence-corrected chi connectivity index (χ1v) is 6.52. The van der Waals surface area contributed by atoms with E-state index in [2.05, 4.69) is 15.3 Å². The van der Waals surface area contributed by atoms with Gasteiger partial charge < -0.3 is 15.8 Å². The predicted octanol–water partition coefficient (Wildman–Crippen LogP) is 2.09. The van der Waals surface area contributed by atoms with Gasteiger partial charge in [0, 0.05) is 30.1 Å². The second-order valence-electron chi connectivity index (χ2n) is 3.85. The van der Waals surface area contributed by atoms with Crippen LogP contribution < -0.4 is 15.8 Å². The number of methoxy groups -OCH3 is 1. The topological polar surface area (TPSA) is 73.1 Å². The van der Waals surface area contributed by atoms with Crippen molar-refractivity contribution in [2.45, 2.75) is 13.3 Å². The molecule has 0 saturated heterocycles. The van der Waals surface area contributed by atoms with E-state index in [1.165, 1.54) is 0 Å². The Kier molecular flexibility index (Phi) is 3.99. The Labute approximate surface area is 110 Å². The number of nitrogen functional groups attached to an aromatic ring is 1. The average Bonchev–Trinajstić information content (AvgIpc) is 2.77. The zero-order chi connectivity index (χ0) is 13.0. The largest absolute Gasteiger partial charge is 0.481 e. The molecule has 0 saturated carbocycles. The summed E-state index contributed by atoms with van der Waals surface area (Å²) in [6.07, 6.45) is 0.858. The van der Waals surface area contributed by atoms with Crippen molar-refractivity contribution in [1.82, 2.24) is 9.97 Å². The van der Waals surface area contributed by atoms with Gasteiger partial charge in [-0.3, -0.25) is 0 Å². The number of aryl methyl sites for hydroxylation is 1. The van der Waals surface area contributed by atoms with Crippen molar-refractivity contribution in [1.29, 1.82) is 0 Å². The first-order chi connectivity index (χ1) is 8.69. The first kappa shape index (κ1) is 12.6. The first-order valence-electron chi connectivity index (χ1n) is 5.64. The molecule has 0 aliphatic rings. The van der Waals surface area contributed by atoms with Crippen molar-refractivity contribution in [3.63, 3.8) is 0 Å². The Morgan fingerprint density at radius 1 is 1.39 bits per heavy atom. The van der Waals surface area contributed by atoms with E-state index in [4.69, 9.17) is 10.5 Å². The maximum atomic E-state index is 5.83. The molecular weight excluding hydrogens is 248 g/mol. The molecule has 6 heteroatoms. The summed E-state index contributed by atoms with van der Waals surface area (Å²) in [6, 6.07) is 3.52. The number of thiazole rings is 1. The van der Waals surface area contributed by atoms with Crippen LogP contribution in [0.25, 0.3) is 0 Å². The van der Waals surface area contributed by atoms with E-state index in [-0.39, 0.29) is 0 Å². The SMILES string of the molecule is COc1ccc(N)c(NCCc2nc(C)cs2)n1. The molecule has 2 aromatic rings. The van der Waals surface area contributed by atoms with Crippen LogP contribution in [0, 0.1) is 6.92 Å². The van der Waals surface area contributed by atoms with Crippen LogP contribution in [0.1, 0.15) is 10.7 Å². The van der Waals surface area contributed by atoms with E-state index in [1.807, 2.05) is 12.3 Å². The number of rotatable bonds is 5. The minimum atomic E-state index is 0.553. The van der Waals surface area contributed by atoms with E-state index in [0.717, 1.165) is 23.7 Å². The van der Waals surface area contributed by atoms with Crippen LogP contribution in [-0.4, -0.2) is 23.6 Å². The molecule has 3 N–H and O–H groups in total. The molecule has 5 nitrogen and oxygen atoms in total. The smallest absolute Gasteiger partial charge is 0.215 e. The Morgan fingerprint density at radius 2 is 2.22 bits per heavy atom. The molecule has 0 unspecified atom stereocenters. The van der Waals surface area contributed by atoms with Gasteiger partial charge in [0.25, 0.3) is 0 Å². The average molecular weight is 264 g/mol. The molecule has 2 heterocycles. The lowest BCUT2D eigenvalue weighted by atomic mass is 10.3. The molecule has 0 spiro atoms. The second kappa shape index (κ2) is 5.68. The summed E-state index contributed by atoms with van der Waals surface area (Å²) >= 11 is 1.67. The number of aromatic nitrogens is 2. The molecule has 0 fully saturated rings. The number of nitrogens with one attached hydrogen (secondary N) is 1. The normalized spacial score (nSPS) is 10.3. The lowest BCUT2D eigenvalue weighted by Gasteiger charge is -2.08. The number of nitrogens with two attached hydrogens (primary N) is 1. The van der Waals surface area contributed by atoms with E-state index in [9.17, 15) is 0 Å². The van der Waals surface area contributed by atoms with Gasteiger partial charge in [-0.15, -0.1) is 11.3 Å². The van der Waals surface area contributed by atoms with Crippen LogP contribution in [-0.2, 0) is 6.42 Å². The Balaban J connectivity index is 1.93. The summed E-state index contributed by atoms with van der Waals surface area (Å²) in [5.74, 6) is 1.21. The summed E-state index contributed by atoms with van der Waals surface area (Å²) in [7, 11) is 1.58. The van der Waals surface area contributed by atoms with E-state index < -0.39 is 0 Å². The third kappa shape index (κ3) is 3.10. The molecule has 18 heavy (non-hydrogen) atoms. The van der Waals surface area contributed by atoms with Crippen LogP contribution in [0.3, 0.4) is 0 Å². The Hall–Kier alpha value is -1.82. The number of ether oxygens (including phenoxy) is 1. The minimum Gasteiger partial charge on any atom is -0.481 e. The minimum absolute atomic E-state index is 0.553. The van der Waals surface area contributed by atoms with Gasteiger partial charge in [-0.25, -0.2) is 4.98 Å². The standard InChI is InChI=1S/C12H16N4OS/c1-8-7-18-11(15-8)5-6-14-12-9(13)3-4-10(16-12)17-2/h3-4,7H,5-6,13H2,1-2H3,(H,14,16). The van der Waals surface area contributed by atoms with Crippen LogP contribution in [0.2, 0.25) is 0 Å². The number of pyridine rings is 1. The summed E-state index contributed by atoms with van der Waals surface area (Å²) in [5.41, 5.74) is 7.51. The number of anilines is 2. The molecule has 0 aliphatic carbocycles. The number of nitrogens with zero attached hydrogens (tertiary/aromatic N) is 2. The highest BCUT2D eigenvalue weighted by Gasteiger charge is 2.04. The summed E-state index contributed by atoms with van der Waals surface area (Å²) in [5, 5.41) is 6.36. The highest BCUT2D eigenvalue weighted by atomic mass is 32.1. The molecule has 2 rings (SSSR count). The zero-order valence-corrected chi connectivity index (χ0v) is 11.3. The highest BCUT2D eigenvalue weighted by molar-refractivity contribution is 7.09.